The van der Waals surface area contributed by atoms with Crippen molar-refractivity contribution in [3.63, 3.8) is 0 Å². The van der Waals surface area contributed by atoms with E-state index in [0.29, 0.717) is 42.2 Å². The maximum atomic E-state index is 14.0. The van der Waals surface area contributed by atoms with Crippen LogP contribution in [0, 0.1) is 21.3 Å². The van der Waals surface area contributed by atoms with Crippen LogP contribution in [0.1, 0.15) is 59.3 Å². The second kappa shape index (κ2) is 15.8. The molecule has 1 aliphatic heterocycles. The van der Waals surface area contributed by atoms with E-state index in [2.05, 4.69) is 48.7 Å². The van der Waals surface area contributed by atoms with Crippen molar-refractivity contribution in [2.75, 3.05) is 32.9 Å². The van der Waals surface area contributed by atoms with Crippen LogP contribution in [0.25, 0.3) is 0 Å². The summed E-state index contributed by atoms with van der Waals surface area (Å²) in [6.45, 7) is 7.43. The fraction of sp³-hybridized carbons (Fsp3) is 0.688. The molecule has 0 spiro atoms. The van der Waals surface area contributed by atoms with Crippen molar-refractivity contribution >= 4 is 34.4 Å². The number of carbonyl (C=O) groups excluding carboxylic acids is 2. The number of nitrogens with zero attached hydrogens (tertiary/aromatic N) is 1. The van der Waals surface area contributed by atoms with Crippen LogP contribution < -0.4 is 10.1 Å². The van der Waals surface area contributed by atoms with Crippen LogP contribution in [-0.2, 0) is 19.1 Å². The summed E-state index contributed by atoms with van der Waals surface area (Å²) >= 11 is 2.17. The SMILES string of the molecule is CC(C)[C@H]1CC[C@H](C)C[C@@H]1OCC(=O)N(C[C@@H]1CCCO1)[C@@H]1CC(C(=O)NCCO)=C[C@H](Oc2ccccc2I)[C@H]1O. The lowest BCUT2D eigenvalue weighted by atomic mass is 9.75. The van der Waals surface area contributed by atoms with Gasteiger partial charge in [-0.3, -0.25) is 9.59 Å². The molecular formula is C32H47IN2O7. The summed E-state index contributed by atoms with van der Waals surface area (Å²) < 4.78 is 19.4. The minimum atomic E-state index is -1.08. The Labute approximate surface area is 263 Å². The van der Waals surface area contributed by atoms with Gasteiger partial charge in [-0.15, -0.1) is 0 Å². The predicted octanol–water partition coefficient (Wildman–Crippen LogP) is 3.69. The average Bonchev–Trinajstić information content (AvgIpc) is 3.49. The Morgan fingerprint density at radius 2 is 2.00 bits per heavy atom. The van der Waals surface area contributed by atoms with Crippen molar-refractivity contribution in [1.29, 1.82) is 0 Å². The number of hydrogen-bond acceptors (Lipinski definition) is 7. The number of benzene rings is 1. The Morgan fingerprint density at radius 3 is 2.69 bits per heavy atom. The van der Waals surface area contributed by atoms with E-state index in [1.165, 1.54) is 6.42 Å². The largest absolute Gasteiger partial charge is 0.482 e. The first-order valence-electron chi connectivity index (χ1n) is 15.4. The minimum Gasteiger partial charge on any atom is -0.482 e. The molecule has 0 aromatic heterocycles. The van der Waals surface area contributed by atoms with Crippen molar-refractivity contribution in [2.45, 2.75) is 89.8 Å². The molecule has 1 saturated carbocycles. The van der Waals surface area contributed by atoms with Crippen LogP contribution in [-0.4, -0.2) is 90.3 Å². The fourth-order valence-corrected chi connectivity index (χ4v) is 6.98. The maximum Gasteiger partial charge on any atom is 0.249 e. The molecule has 2 aliphatic carbocycles. The number of nitrogens with one attached hydrogen (secondary N) is 1. The number of aliphatic hydroxyl groups is 2. The number of amides is 2. The van der Waals surface area contributed by atoms with Gasteiger partial charge in [-0.1, -0.05) is 39.3 Å². The third kappa shape index (κ3) is 8.68. The van der Waals surface area contributed by atoms with Crippen LogP contribution in [0.15, 0.2) is 35.9 Å². The molecule has 3 aliphatic rings. The van der Waals surface area contributed by atoms with E-state index in [0.717, 1.165) is 29.3 Å². The lowest BCUT2D eigenvalue weighted by molar-refractivity contribution is -0.150. The number of hydrogen-bond donors (Lipinski definition) is 3. The molecule has 2 fully saturated rings. The van der Waals surface area contributed by atoms with Crippen LogP contribution in [0.4, 0.5) is 0 Å². The summed E-state index contributed by atoms with van der Waals surface area (Å²) in [5.41, 5.74) is 0.404. The second-order valence-electron chi connectivity index (χ2n) is 12.3. The highest BCUT2D eigenvalue weighted by molar-refractivity contribution is 14.1. The van der Waals surface area contributed by atoms with Gasteiger partial charge >= 0.3 is 0 Å². The molecular weight excluding hydrogens is 651 g/mol. The maximum absolute atomic E-state index is 14.0. The van der Waals surface area contributed by atoms with E-state index < -0.39 is 18.2 Å². The Balaban J connectivity index is 1.58. The lowest BCUT2D eigenvalue weighted by Gasteiger charge is -2.42. The van der Waals surface area contributed by atoms with Crippen molar-refractivity contribution in [3.05, 3.63) is 39.5 Å². The van der Waals surface area contributed by atoms with Gasteiger partial charge in [0.25, 0.3) is 0 Å². The second-order valence-corrected chi connectivity index (χ2v) is 13.5. The molecule has 0 unspecified atom stereocenters. The zero-order valence-corrected chi connectivity index (χ0v) is 27.2. The summed E-state index contributed by atoms with van der Waals surface area (Å²) in [7, 11) is 0. The van der Waals surface area contributed by atoms with Gasteiger partial charge in [0.2, 0.25) is 11.8 Å². The van der Waals surface area contributed by atoms with Crippen LogP contribution >= 0.6 is 22.6 Å². The van der Waals surface area contributed by atoms with E-state index in [-0.39, 0.29) is 50.2 Å². The molecule has 4 rings (SSSR count). The first-order chi connectivity index (χ1) is 20.2. The topological polar surface area (TPSA) is 118 Å². The van der Waals surface area contributed by atoms with Crippen molar-refractivity contribution in [1.82, 2.24) is 10.2 Å². The van der Waals surface area contributed by atoms with E-state index in [4.69, 9.17) is 14.2 Å². The summed E-state index contributed by atoms with van der Waals surface area (Å²) in [5.74, 6) is 1.42. The molecule has 1 aromatic carbocycles. The van der Waals surface area contributed by atoms with Crippen LogP contribution in [0.5, 0.6) is 5.75 Å². The zero-order chi connectivity index (χ0) is 30.2. The third-order valence-corrected chi connectivity index (χ3v) is 9.73. The Hall–Kier alpha value is -1.73. The van der Waals surface area contributed by atoms with E-state index in [1.807, 2.05) is 24.3 Å². The quantitative estimate of drug-likeness (QED) is 0.285. The first-order valence-corrected chi connectivity index (χ1v) is 16.5. The van der Waals surface area contributed by atoms with Crippen LogP contribution in [0.3, 0.4) is 0 Å². The highest BCUT2D eigenvalue weighted by Crippen LogP contribution is 2.36. The number of aliphatic hydroxyl groups excluding tert-OH is 2. The number of halogens is 1. The summed E-state index contributed by atoms with van der Waals surface area (Å²) in [6.07, 6.45) is 4.63. The summed E-state index contributed by atoms with van der Waals surface area (Å²) in [5, 5.41) is 23.7. The van der Waals surface area contributed by atoms with Gasteiger partial charge in [-0.2, -0.15) is 0 Å². The highest BCUT2D eigenvalue weighted by Gasteiger charge is 2.42. The average molecular weight is 699 g/mol. The van der Waals surface area contributed by atoms with Crippen molar-refractivity contribution in [2.24, 2.45) is 17.8 Å². The van der Waals surface area contributed by atoms with Crippen LogP contribution in [0.2, 0.25) is 0 Å². The molecule has 7 atom stereocenters. The van der Waals surface area contributed by atoms with E-state index in [1.54, 1.807) is 11.0 Å². The van der Waals surface area contributed by atoms with Crippen molar-refractivity contribution in [3.8, 4) is 5.75 Å². The summed E-state index contributed by atoms with van der Waals surface area (Å²) in [4.78, 5) is 28.7. The molecule has 1 saturated heterocycles. The third-order valence-electron chi connectivity index (χ3n) is 8.84. The summed E-state index contributed by atoms with van der Waals surface area (Å²) in [6, 6.07) is 6.75. The standard InChI is InChI=1S/C32H47IN2O7/c1-20(2)24-11-10-21(3)15-28(24)41-19-30(37)35(18-23-7-6-14-40-23)26-16-22(32(39)34-12-13-36)17-29(31(26)38)42-27-9-5-4-8-25(27)33/h4-5,8-9,17,20-21,23-24,26,28-29,31,36,38H,6-7,10-16,18-19H2,1-3H3,(H,34,39)/t21-,23-,24+,26+,28-,29-,31-/m0/s1. The molecule has 1 heterocycles. The Bertz CT molecular complexity index is 1080. The van der Waals surface area contributed by atoms with Gasteiger partial charge < -0.3 is 34.6 Å². The zero-order valence-electron chi connectivity index (χ0n) is 25.0. The number of carbonyl (C=O) groups is 2. The van der Waals surface area contributed by atoms with Gasteiger partial charge in [0.15, 0.2) is 0 Å². The van der Waals surface area contributed by atoms with Gasteiger partial charge in [0, 0.05) is 31.7 Å². The smallest absolute Gasteiger partial charge is 0.249 e. The fourth-order valence-electron chi connectivity index (χ4n) is 6.46. The molecule has 1 aromatic rings. The molecule has 2 amide bonds. The molecule has 234 valence electrons. The predicted molar refractivity (Wildman–Crippen MR) is 168 cm³/mol. The Morgan fingerprint density at radius 1 is 1.21 bits per heavy atom. The molecule has 42 heavy (non-hydrogen) atoms. The van der Waals surface area contributed by atoms with Gasteiger partial charge in [0.05, 0.1) is 28.4 Å². The monoisotopic (exact) mass is 698 g/mol. The highest BCUT2D eigenvalue weighted by atomic mass is 127. The van der Waals surface area contributed by atoms with E-state index >= 15 is 0 Å². The normalized spacial score (nSPS) is 29.7. The molecule has 0 bridgehead atoms. The van der Waals surface area contributed by atoms with Gasteiger partial charge in [-0.25, -0.2) is 0 Å². The number of para-hydroxylation sites is 1. The molecule has 0 radical (unpaired) electrons. The molecule has 3 N–H and O–H groups in total. The van der Waals surface area contributed by atoms with Gasteiger partial charge in [-0.05, 0) is 84.2 Å². The molecule has 10 heteroatoms. The van der Waals surface area contributed by atoms with Crippen molar-refractivity contribution < 1.29 is 34.0 Å². The lowest BCUT2D eigenvalue weighted by Crippen LogP contribution is -2.57. The minimum absolute atomic E-state index is 0.00881. The Kier molecular flexibility index (Phi) is 12.5. The number of rotatable bonds is 12. The number of ether oxygens (including phenoxy) is 3. The first kappa shape index (κ1) is 33.2. The van der Waals surface area contributed by atoms with E-state index in [9.17, 15) is 19.8 Å². The molecule has 9 nitrogen and oxygen atoms in total. The van der Waals surface area contributed by atoms with Gasteiger partial charge in [0.1, 0.15) is 24.6 Å².